The van der Waals surface area contributed by atoms with Crippen molar-refractivity contribution in [3.63, 3.8) is 0 Å². The van der Waals surface area contributed by atoms with Crippen molar-refractivity contribution in [1.29, 1.82) is 0 Å². The minimum absolute atomic E-state index is 0.982. The molecule has 3 nitrogen and oxygen atoms in total. The molecule has 1 aliphatic rings. The van der Waals surface area contributed by atoms with E-state index in [-0.39, 0.29) is 0 Å². The van der Waals surface area contributed by atoms with Crippen LogP contribution in [-0.4, -0.2) is 37.4 Å². The number of hydrogen-bond acceptors (Lipinski definition) is 4. The molecule has 3 rings (SSSR count). The van der Waals surface area contributed by atoms with Crippen molar-refractivity contribution in [2.45, 2.75) is 6.92 Å². The van der Waals surface area contributed by atoms with E-state index in [4.69, 9.17) is 0 Å². The first kappa shape index (κ1) is 13.2. The zero-order valence-corrected chi connectivity index (χ0v) is 12.5. The van der Waals surface area contributed by atoms with Crippen LogP contribution in [0.4, 0.5) is 5.69 Å². The number of aryl methyl sites for hydroxylation is 1. The van der Waals surface area contributed by atoms with Gasteiger partial charge in [-0.15, -0.1) is 11.3 Å². The molecule has 1 aliphatic heterocycles. The molecule has 0 aliphatic carbocycles. The average Bonchev–Trinajstić information content (AvgIpc) is 2.92. The third-order valence-electron chi connectivity index (χ3n) is 3.49. The molecule has 0 radical (unpaired) electrons. The molecule has 0 spiro atoms. The van der Waals surface area contributed by atoms with Gasteiger partial charge in [0.05, 0.1) is 19.3 Å². The molecule has 4 heteroatoms. The summed E-state index contributed by atoms with van der Waals surface area (Å²) in [6.45, 7) is 6.15. The van der Waals surface area contributed by atoms with E-state index >= 15 is 0 Å². The van der Waals surface area contributed by atoms with Gasteiger partial charge in [-0.3, -0.25) is 5.01 Å². The highest BCUT2D eigenvalue weighted by Gasteiger charge is 2.15. The van der Waals surface area contributed by atoms with Crippen molar-refractivity contribution < 1.29 is 0 Å². The lowest BCUT2D eigenvalue weighted by Crippen LogP contribution is -2.44. The Morgan fingerprint density at radius 3 is 2.40 bits per heavy atom. The van der Waals surface area contributed by atoms with E-state index in [2.05, 4.69) is 64.4 Å². The van der Waals surface area contributed by atoms with Crippen LogP contribution in [0, 0.1) is 6.92 Å². The predicted octanol–water partition coefficient (Wildman–Crippen LogP) is 3.21. The Morgan fingerprint density at radius 2 is 1.75 bits per heavy atom. The van der Waals surface area contributed by atoms with Crippen molar-refractivity contribution in [3.8, 4) is 0 Å². The normalized spacial score (nSPS) is 16.1. The first-order valence-corrected chi connectivity index (χ1v) is 7.78. The maximum atomic E-state index is 4.59. The average molecular weight is 285 g/mol. The van der Waals surface area contributed by atoms with Gasteiger partial charge in [-0.05, 0) is 31.2 Å². The minimum atomic E-state index is 0.982. The van der Waals surface area contributed by atoms with Crippen LogP contribution in [0.2, 0.25) is 0 Å². The summed E-state index contributed by atoms with van der Waals surface area (Å²) in [6, 6.07) is 14.9. The van der Waals surface area contributed by atoms with Crippen LogP contribution in [0.15, 0.2) is 47.6 Å². The molecule has 1 aromatic carbocycles. The van der Waals surface area contributed by atoms with Crippen molar-refractivity contribution in [1.82, 2.24) is 5.01 Å². The van der Waals surface area contributed by atoms with Gasteiger partial charge in [0.15, 0.2) is 0 Å². The van der Waals surface area contributed by atoms with Crippen LogP contribution in [0.1, 0.15) is 9.75 Å². The topological polar surface area (TPSA) is 18.8 Å². The summed E-state index contributed by atoms with van der Waals surface area (Å²) in [6.07, 6.45) is 1.98. The fourth-order valence-corrected chi connectivity index (χ4v) is 3.11. The number of nitrogens with zero attached hydrogens (tertiary/aromatic N) is 3. The van der Waals surface area contributed by atoms with Gasteiger partial charge in [0, 0.05) is 28.5 Å². The van der Waals surface area contributed by atoms with Crippen LogP contribution in [0.25, 0.3) is 0 Å². The molecule has 0 amide bonds. The summed E-state index contributed by atoms with van der Waals surface area (Å²) >= 11 is 1.79. The summed E-state index contributed by atoms with van der Waals surface area (Å²) in [5.41, 5.74) is 1.31. The number of piperazine rings is 1. The molecule has 0 N–H and O–H groups in total. The third-order valence-corrected chi connectivity index (χ3v) is 4.42. The van der Waals surface area contributed by atoms with E-state index < -0.39 is 0 Å². The molecule has 1 saturated heterocycles. The van der Waals surface area contributed by atoms with Gasteiger partial charge in [0.25, 0.3) is 0 Å². The van der Waals surface area contributed by atoms with Crippen molar-refractivity contribution in [2.75, 3.05) is 31.1 Å². The molecular weight excluding hydrogens is 266 g/mol. The van der Waals surface area contributed by atoms with Crippen molar-refractivity contribution in [2.24, 2.45) is 5.10 Å². The number of para-hydroxylation sites is 1. The lowest BCUT2D eigenvalue weighted by Gasteiger charge is -2.34. The first-order valence-electron chi connectivity index (χ1n) is 6.97. The second kappa shape index (κ2) is 6.09. The van der Waals surface area contributed by atoms with Crippen LogP contribution < -0.4 is 4.90 Å². The van der Waals surface area contributed by atoms with E-state index in [9.17, 15) is 0 Å². The fourth-order valence-electron chi connectivity index (χ4n) is 2.37. The largest absolute Gasteiger partial charge is 0.368 e. The molecule has 2 aromatic rings. The summed E-state index contributed by atoms with van der Waals surface area (Å²) in [5.74, 6) is 0. The molecule has 0 bridgehead atoms. The van der Waals surface area contributed by atoms with Crippen LogP contribution in [0.5, 0.6) is 0 Å². The molecule has 0 atom stereocenters. The Hall–Kier alpha value is -1.81. The Labute approximate surface area is 124 Å². The van der Waals surface area contributed by atoms with Gasteiger partial charge in [0.1, 0.15) is 0 Å². The summed E-state index contributed by atoms with van der Waals surface area (Å²) < 4.78 is 0. The fraction of sp³-hybridized carbons (Fsp3) is 0.312. The van der Waals surface area contributed by atoms with Crippen molar-refractivity contribution in [3.05, 3.63) is 52.2 Å². The summed E-state index contributed by atoms with van der Waals surface area (Å²) in [5, 5.41) is 6.75. The smallest absolute Gasteiger partial charge is 0.0642 e. The lowest BCUT2D eigenvalue weighted by molar-refractivity contribution is 0.272. The lowest BCUT2D eigenvalue weighted by atomic mass is 10.2. The molecule has 104 valence electrons. The number of hydrazone groups is 1. The van der Waals surface area contributed by atoms with Gasteiger partial charge in [-0.25, -0.2) is 0 Å². The SMILES string of the molecule is Cc1ccc(/C=N/N2CCN(c3ccccc3)CC2)s1. The Kier molecular flexibility index (Phi) is 4.02. The molecule has 1 aromatic heterocycles. The van der Waals surface area contributed by atoms with E-state index in [0.717, 1.165) is 26.2 Å². The second-order valence-corrected chi connectivity index (χ2v) is 6.29. The summed E-state index contributed by atoms with van der Waals surface area (Å²) in [7, 11) is 0. The van der Waals surface area contributed by atoms with Crippen LogP contribution in [0.3, 0.4) is 0 Å². The monoisotopic (exact) mass is 285 g/mol. The van der Waals surface area contributed by atoms with E-state index in [1.54, 1.807) is 11.3 Å². The van der Waals surface area contributed by atoms with Crippen LogP contribution >= 0.6 is 11.3 Å². The Balaban J connectivity index is 1.55. The predicted molar refractivity (Wildman–Crippen MR) is 86.9 cm³/mol. The van der Waals surface area contributed by atoms with Crippen molar-refractivity contribution >= 4 is 23.2 Å². The molecule has 0 saturated carbocycles. The number of anilines is 1. The number of hydrogen-bond donors (Lipinski definition) is 0. The molecule has 2 heterocycles. The molecule has 1 fully saturated rings. The highest BCUT2D eigenvalue weighted by molar-refractivity contribution is 7.13. The molecule has 0 unspecified atom stereocenters. The Morgan fingerprint density at radius 1 is 1.00 bits per heavy atom. The van der Waals surface area contributed by atoms with Gasteiger partial charge in [0.2, 0.25) is 0 Å². The van der Waals surface area contributed by atoms with E-state index in [1.165, 1.54) is 15.4 Å². The Bertz CT molecular complexity index is 568. The van der Waals surface area contributed by atoms with Crippen LogP contribution in [-0.2, 0) is 0 Å². The molecule has 20 heavy (non-hydrogen) atoms. The quantitative estimate of drug-likeness (QED) is 0.806. The maximum Gasteiger partial charge on any atom is 0.0642 e. The zero-order valence-electron chi connectivity index (χ0n) is 11.7. The third kappa shape index (κ3) is 3.20. The van der Waals surface area contributed by atoms with Gasteiger partial charge >= 0.3 is 0 Å². The minimum Gasteiger partial charge on any atom is -0.368 e. The van der Waals surface area contributed by atoms with Gasteiger partial charge in [-0.1, -0.05) is 18.2 Å². The highest BCUT2D eigenvalue weighted by atomic mass is 32.1. The highest BCUT2D eigenvalue weighted by Crippen LogP contribution is 2.16. The van der Waals surface area contributed by atoms with E-state index in [0.29, 0.717) is 0 Å². The number of benzene rings is 1. The standard InChI is InChI=1S/C16H19N3S/c1-14-7-8-16(20-14)13-17-19-11-9-18(10-12-19)15-5-3-2-4-6-15/h2-8,13H,9-12H2,1H3/b17-13+. The number of thiophene rings is 1. The molecular formula is C16H19N3S. The second-order valence-electron chi connectivity index (χ2n) is 4.97. The zero-order chi connectivity index (χ0) is 13.8. The van der Waals surface area contributed by atoms with Gasteiger partial charge < -0.3 is 4.90 Å². The van der Waals surface area contributed by atoms with Gasteiger partial charge in [-0.2, -0.15) is 5.10 Å². The maximum absolute atomic E-state index is 4.59. The summed E-state index contributed by atoms with van der Waals surface area (Å²) in [4.78, 5) is 4.98. The number of rotatable bonds is 3. The first-order chi connectivity index (χ1) is 9.81. The van der Waals surface area contributed by atoms with E-state index in [1.807, 2.05) is 6.21 Å².